The lowest BCUT2D eigenvalue weighted by Crippen LogP contribution is -2.42. The zero-order valence-electron chi connectivity index (χ0n) is 18.8. The third-order valence-corrected chi connectivity index (χ3v) is 8.12. The summed E-state index contributed by atoms with van der Waals surface area (Å²) < 4.78 is 28.7. The highest BCUT2D eigenvalue weighted by molar-refractivity contribution is 9.10. The Morgan fingerprint density at radius 2 is 1.84 bits per heavy atom. The minimum absolute atomic E-state index is 0.162. The molecule has 1 aliphatic rings. The van der Waals surface area contributed by atoms with E-state index in [1.807, 2.05) is 13.0 Å². The van der Waals surface area contributed by atoms with Gasteiger partial charge in [0.2, 0.25) is 5.91 Å². The lowest BCUT2D eigenvalue weighted by Gasteiger charge is -2.30. The van der Waals surface area contributed by atoms with Crippen LogP contribution in [0.4, 0.5) is 5.69 Å². The zero-order chi connectivity index (χ0) is 23.1. The van der Waals surface area contributed by atoms with Crippen LogP contribution in [0.25, 0.3) is 0 Å². The number of hydrogen-bond acceptors (Lipinski definition) is 4. The number of nitrogens with one attached hydrogen (secondary N) is 1. The lowest BCUT2D eigenvalue weighted by molar-refractivity contribution is -0.119. The molecule has 6 nitrogen and oxygen atoms in total. The number of hydrogen-bond donors (Lipinski definition) is 1. The minimum atomic E-state index is -3.89. The number of rotatable bonds is 9. The van der Waals surface area contributed by atoms with E-state index in [9.17, 15) is 13.2 Å². The van der Waals surface area contributed by atoms with Gasteiger partial charge in [-0.1, -0.05) is 46.6 Å². The molecule has 1 N–H and O–H groups in total. The van der Waals surface area contributed by atoms with Crippen molar-refractivity contribution >= 4 is 37.5 Å². The number of aryl methyl sites for hydroxylation is 1. The average Bonchev–Trinajstić information content (AvgIpc) is 2.76. The van der Waals surface area contributed by atoms with Crippen LogP contribution < -0.4 is 9.62 Å². The molecule has 2 aromatic rings. The Hall–Kier alpha value is -1.90. The molecule has 8 heteroatoms. The molecular weight excluding hydrogens is 490 g/mol. The molecule has 3 rings (SSSR count). The first kappa shape index (κ1) is 24.7. The standard InChI is InChI=1S/C24H32BrN3O3S/c1-19-7-9-23(10-8-19)32(30,31)28(22-6-3-5-21(25)17-22)18-24(29)26-13-4-14-27-15-11-20(2)12-16-27/h3,5-10,17,20H,4,11-16,18H2,1-2H3,(H,26,29). The summed E-state index contributed by atoms with van der Waals surface area (Å²) in [7, 11) is -3.89. The first-order chi connectivity index (χ1) is 15.3. The van der Waals surface area contributed by atoms with Gasteiger partial charge in [0.15, 0.2) is 0 Å². The number of sulfonamides is 1. The van der Waals surface area contributed by atoms with Gasteiger partial charge in [-0.15, -0.1) is 0 Å². The van der Waals surface area contributed by atoms with Gasteiger partial charge in [-0.2, -0.15) is 0 Å². The molecule has 174 valence electrons. The Balaban J connectivity index is 1.65. The summed E-state index contributed by atoms with van der Waals surface area (Å²) in [5.41, 5.74) is 1.41. The van der Waals surface area contributed by atoms with Crippen LogP contribution >= 0.6 is 15.9 Å². The van der Waals surface area contributed by atoms with Gasteiger partial charge in [0.25, 0.3) is 10.0 Å². The fourth-order valence-electron chi connectivity index (χ4n) is 3.79. The second-order valence-corrected chi connectivity index (χ2v) is 11.3. The highest BCUT2D eigenvalue weighted by Crippen LogP contribution is 2.26. The molecule has 0 bridgehead atoms. The fourth-order valence-corrected chi connectivity index (χ4v) is 5.59. The van der Waals surface area contributed by atoms with E-state index in [1.165, 1.54) is 17.1 Å². The summed E-state index contributed by atoms with van der Waals surface area (Å²) in [6.45, 7) is 7.63. The SMILES string of the molecule is Cc1ccc(S(=O)(=O)N(CC(=O)NCCCN2CCC(C)CC2)c2cccc(Br)c2)cc1. The van der Waals surface area contributed by atoms with Gasteiger partial charge in [-0.25, -0.2) is 8.42 Å². The summed E-state index contributed by atoms with van der Waals surface area (Å²) in [4.78, 5) is 15.3. The normalized spacial score (nSPS) is 15.5. The maximum absolute atomic E-state index is 13.4. The molecule has 32 heavy (non-hydrogen) atoms. The van der Waals surface area contributed by atoms with Crippen molar-refractivity contribution in [2.24, 2.45) is 5.92 Å². The molecule has 0 aliphatic carbocycles. The lowest BCUT2D eigenvalue weighted by atomic mass is 9.99. The van der Waals surface area contributed by atoms with Crippen molar-refractivity contribution in [3.63, 3.8) is 0 Å². The van der Waals surface area contributed by atoms with E-state index >= 15 is 0 Å². The van der Waals surface area contributed by atoms with Crippen LogP contribution in [0.5, 0.6) is 0 Å². The minimum Gasteiger partial charge on any atom is -0.354 e. The van der Waals surface area contributed by atoms with E-state index in [4.69, 9.17) is 0 Å². The topological polar surface area (TPSA) is 69.7 Å². The molecule has 0 unspecified atom stereocenters. The summed E-state index contributed by atoms with van der Waals surface area (Å²) >= 11 is 3.40. The van der Waals surface area contributed by atoms with Gasteiger partial charge >= 0.3 is 0 Å². The van der Waals surface area contributed by atoms with Crippen molar-refractivity contribution in [3.8, 4) is 0 Å². The van der Waals surface area contributed by atoms with E-state index in [0.717, 1.165) is 42.0 Å². The largest absolute Gasteiger partial charge is 0.354 e. The predicted molar refractivity (Wildman–Crippen MR) is 132 cm³/mol. The van der Waals surface area contributed by atoms with Crippen molar-refractivity contribution in [2.75, 3.05) is 37.0 Å². The summed E-state index contributed by atoms with van der Waals surface area (Å²) in [5.74, 6) is 0.485. The molecule has 1 saturated heterocycles. The smallest absolute Gasteiger partial charge is 0.264 e. The average molecular weight is 523 g/mol. The van der Waals surface area contributed by atoms with Crippen LogP contribution in [0, 0.1) is 12.8 Å². The van der Waals surface area contributed by atoms with Gasteiger partial charge in [-0.3, -0.25) is 9.10 Å². The quantitative estimate of drug-likeness (QED) is 0.502. The number of likely N-dealkylation sites (tertiary alicyclic amines) is 1. The molecule has 1 fully saturated rings. The highest BCUT2D eigenvalue weighted by atomic mass is 79.9. The first-order valence-electron chi connectivity index (χ1n) is 11.1. The van der Waals surface area contributed by atoms with Crippen molar-refractivity contribution in [3.05, 3.63) is 58.6 Å². The number of benzene rings is 2. The van der Waals surface area contributed by atoms with E-state index in [2.05, 4.69) is 33.1 Å². The molecule has 0 atom stereocenters. The van der Waals surface area contributed by atoms with Gasteiger partial charge in [0, 0.05) is 11.0 Å². The van der Waals surface area contributed by atoms with E-state index in [0.29, 0.717) is 12.2 Å². The summed E-state index contributed by atoms with van der Waals surface area (Å²) in [6, 6.07) is 13.6. The molecule has 0 aromatic heterocycles. The van der Waals surface area contributed by atoms with E-state index in [-0.39, 0.29) is 17.3 Å². The monoisotopic (exact) mass is 521 g/mol. The highest BCUT2D eigenvalue weighted by Gasteiger charge is 2.27. The van der Waals surface area contributed by atoms with Crippen molar-refractivity contribution in [2.45, 2.75) is 38.0 Å². The number of carbonyl (C=O) groups is 1. The number of amides is 1. The number of piperidine rings is 1. The maximum atomic E-state index is 13.4. The van der Waals surface area contributed by atoms with Gasteiger partial charge in [0.1, 0.15) is 6.54 Å². The number of anilines is 1. The van der Waals surface area contributed by atoms with Crippen LogP contribution in [-0.2, 0) is 14.8 Å². The third kappa shape index (κ3) is 6.80. The molecule has 0 spiro atoms. The Bertz CT molecular complexity index is 1000. The van der Waals surface area contributed by atoms with Crippen LogP contribution in [-0.4, -0.2) is 51.9 Å². The molecule has 0 saturated carbocycles. The van der Waals surface area contributed by atoms with Crippen LogP contribution in [0.15, 0.2) is 57.9 Å². The second-order valence-electron chi connectivity index (χ2n) is 8.53. The van der Waals surface area contributed by atoms with Crippen LogP contribution in [0.1, 0.15) is 31.7 Å². The summed E-state index contributed by atoms with van der Waals surface area (Å²) in [6.07, 6.45) is 3.30. The Morgan fingerprint density at radius 1 is 1.16 bits per heavy atom. The Labute approximate surface area is 200 Å². The third-order valence-electron chi connectivity index (χ3n) is 5.84. The fraction of sp³-hybridized carbons (Fsp3) is 0.458. The molecule has 1 aliphatic heterocycles. The van der Waals surface area contributed by atoms with Crippen molar-refractivity contribution in [1.29, 1.82) is 0 Å². The molecule has 1 heterocycles. The molecular formula is C24H32BrN3O3S. The molecule has 1 amide bonds. The van der Waals surface area contributed by atoms with Gasteiger partial charge in [0.05, 0.1) is 10.6 Å². The maximum Gasteiger partial charge on any atom is 0.264 e. The van der Waals surface area contributed by atoms with Crippen LogP contribution in [0.3, 0.4) is 0 Å². The van der Waals surface area contributed by atoms with Crippen molar-refractivity contribution in [1.82, 2.24) is 10.2 Å². The first-order valence-corrected chi connectivity index (χ1v) is 13.3. The number of carbonyl (C=O) groups excluding carboxylic acids is 1. The summed E-state index contributed by atoms with van der Waals surface area (Å²) in [5, 5.41) is 2.90. The van der Waals surface area contributed by atoms with E-state index < -0.39 is 10.0 Å². The number of nitrogens with zero attached hydrogens (tertiary/aromatic N) is 2. The van der Waals surface area contributed by atoms with E-state index in [1.54, 1.807) is 42.5 Å². The Kier molecular flexibility index (Phi) is 8.73. The second kappa shape index (κ2) is 11.3. The predicted octanol–water partition coefficient (Wildman–Crippen LogP) is 4.19. The van der Waals surface area contributed by atoms with Crippen LogP contribution in [0.2, 0.25) is 0 Å². The van der Waals surface area contributed by atoms with Crippen molar-refractivity contribution < 1.29 is 13.2 Å². The Morgan fingerprint density at radius 3 is 2.50 bits per heavy atom. The number of halogens is 1. The zero-order valence-corrected chi connectivity index (χ0v) is 21.2. The van der Waals surface area contributed by atoms with Gasteiger partial charge in [-0.05, 0) is 82.1 Å². The molecule has 2 aromatic carbocycles. The van der Waals surface area contributed by atoms with Gasteiger partial charge < -0.3 is 10.2 Å². The molecule has 0 radical (unpaired) electrons.